The molecule has 5 nitrogen and oxygen atoms in total. The first-order chi connectivity index (χ1) is 7.10. The van der Waals surface area contributed by atoms with Crippen molar-refractivity contribution in [2.24, 2.45) is 5.92 Å². The minimum absolute atomic E-state index is 0.000772. The third kappa shape index (κ3) is 2.48. The fraction of sp³-hybridized carbons (Fsp3) is 0.600. The van der Waals surface area contributed by atoms with Gasteiger partial charge in [-0.2, -0.15) is 0 Å². The number of carbonyl (C=O) groups is 2. The van der Waals surface area contributed by atoms with Gasteiger partial charge in [-0.25, -0.2) is 4.79 Å². The maximum atomic E-state index is 11.4. The number of carboxylic acid groups (broad SMARTS) is 1. The number of aliphatic hydroxyl groups excluding tert-OH is 1. The second-order valence-electron chi connectivity index (χ2n) is 3.56. The lowest BCUT2D eigenvalue weighted by molar-refractivity contribution is -0.148. The summed E-state index contributed by atoms with van der Waals surface area (Å²) in [5.74, 6) is 0.722. The molecule has 1 rings (SSSR count). The highest BCUT2D eigenvalue weighted by atomic mass is 16.4. The zero-order valence-electron chi connectivity index (χ0n) is 8.22. The van der Waals surface area contributed by atoms with Gasteiger partial charge in [0.2, 0.25) is 5.91 Å². The number of aliphatic hydroxyl groups is 1. The van der Waals surface area contributed by atoms with Crippen LogP contribution in [0.4, 0.5) is 0 Å². The van der Waals surface area contributed by atoms with Gasteiger partial charge in [0.15, 0.2) is 0 Å². The third-order valence-electron chi connectivity index (χ3n) is 2.47. The van der Waals surface area contributed by atoms with Gasteiger partial charge in [0.1, 0.15) is 6.04 Å². The number of rotatable bonds is 4. The van der Waals surface area contributed by atoms with E-state index in [-0.39, 0.29) is 37.8 Å². The van der Waals surface area contributed by atoms with Crippen LogP contribution in [0, 0.1) is 18.3 Å². The molecule has 1 amide bonds. The van der Waals surface area contributed by atoms with Crippen LogP contribution in [0.15, 0.2) is 0 Å². The van der Waals surface area contributed by atoms with Crippen molar-refractivity contribution in [2.45, 2.75) is 18.9 Å². The van der Waals surface area contributed by atoms with Crippen molar-refractivity contribution in [3.8, 4) is 12.3 Å². The van der Waals surface area contributed by atoms with Gasteiger partial charge in [-0.3, -0.25) is 4.79 Å². The first kappa shape index (κ1) is 11.5. The van der Waals surface area contributed by atoms with Crippen molar-refractivity contribution in [3.63, 3.8) is 0 Å². The number of hydrogen-bond acceptors (Lipinski definition) is 3. The zero-order chi connectivity index (χ0) is 11.4. The molecule has 0 aromatic rings. The molecule has 5 heteroatoms. The fourth-order valence-corrected chi connectivity index (χ4v) is 1.67. The highest BCUT2D eigenvalue weighted by molar-refractivity contribution is 5.85. The average Bonchev–Trinajstić information content (AvgIpc) is 2.55. The molecule has 0 spiro atoms. The van der Waals surface area contributed by atoms with E-state index in [4.69, 9.17) is 16.6 Å². The number of carbonyl (C=O) groups excluding carboxylic acids is 1. The van der Waals surface area contributed by atoms with Crippen LogP contribution in [-0.2, 0) is 9.59 Å². The Morgan fingerprint density at radius 2 is 2.40 bits per heavy atom. The number of aliphatic carboxylic acids is 1. The summed E-state index contributed by atoms with van der Waals surface area (Å²) in [5.41, 5.74) is 0. The Balaban J connectivity index is 2.73. The van der Waals surface area contributed by atoms with Crippen LogP contribution in [0.2, 0.25) is 0 Å². The van der Waals surface area contributed by atoms with Gasteiger partial charge in [-0.1, -0.05) is 0 Å². The molecule has 82 valence electrons. The van der Waals surface area contributed by atoms with Gasteiger partial charge < -0.3 is 15.1 Å². The van der Waals surface area contributed by atoms with Crippen molar-refractivity contribution in [1.29, 1.82) is 0 Å². The van der Waals surface area contributed by atoms with Crippen LogP contribution < -0.4 is 0 Å². The predicted octanol–water partition coefficient (Wildman–Crippen LogP) is -0.696. The number of amides is 1. The Hall–Kier alpha value is -1.54. The van der Waals surface area contributed by atoms with E-state index in [1.807, 2.05) is 0 Å². The summed E-state index contributed by atoms with van der Waals surface area (Å²) in [7, 11) is 0. The van der Waals surface area contributed by atoms with Gasteiger partial charge in [0, 0.05) is 31.9 Å². The fourth-order valence-electron chi connectivity index (χ4n) is 1.67. The molecule has 0 saturated carbocycles. The highest BCUT2D eigenvalue weighted by Gasteiger charge is 2.36. The van der Waals surface area contributed by atoms with E-state index < -0.39 is 12.0 Å². The maximum absolute atomic E-state index is 11.4. The van der Waals surface area contributed by atoms with Gasteiger partial charge in [0.05, 0.1) is 0 Å². The van der Waals surface area contributed by atoms with Crippen molar-refractivity contribution in [3.05, 3.63) is 0 Å². The summed E-state index contributed by atoms with van der Waals surface area (Å²) in [4.78, 5) is 23.6. The molecule has 1 saturated heterocycles. The molecule has 1 aliphatic rings. The van der Waals surface area contributed by atoms with Crippen LogP contribution in [0.5, 0.6) is 0 Å². The van der Waals surface area contributed by atoms with E-state index in [2.05, 4.69) is 5.92 Å². The number of terminal acetylenes is 1. The molecule has 1 heterocycles. The minimum Gasteiger partial charge on any atom is -0.480 e. The van der Waals surface area contributed by atoms with E-state index in [0.717, 1.165) is 0 Å². The molecule has 15 heavy (non-hydrogen) atoms. The summed E-state index contributed by atoms with van der Waals surface area (Å²) in [6.07, 6.45) is 5.25. The van der Waals surface area contributed by atoms with Gasteiger partial charge in [-0.05, 0) is 0 Å². The first-order valence-electron chi connectivity index (χ1n) is 4.66. The number of carboxylic acids is 1. The highest BCUT2D eigenvalue weighted by Crippen LogP contribution is 2.21. The quantitative estimate of drug-likeness (QED) is 0.603. The second kappa shape index (κ2) is 4.80. The molecule has 0 bridgehead atoms. The monoisotopic (exact) mass is 211 g/mol. The third-order valence-corrected chi connectivity index (χ3v) is 2.47. The molecule has 2 N–H and O–H groups in total. The molecular formula is C10H13NO4. The van der Waals surface area contributed by atoms with Crippen LogP contribution >= 0.6 is 0 Å². The molecule has 0 aromatic carbocycles. The van der Waals surface area contributed by atoms with Crippen LogP contribution in [0.1, 0.15) is 12.8 Å². The van der Waals surface area contributed by atoms with E-state index >= 15 is 0 Å². The summed E-state index contributed by atoms with van der Waals surface area (Å²) in [6.45, 7) is 0.165. The van der Waals surface area contributed by atoms with Crippen molar-refractivity contribution in [1.82, 2.24) is 4.90 Å². The molecule has 2 unspecified atom stereocenters. The molecule has 0 radical (unpaired) electrons. The Kier molecular flexibility index (Phi) is 3.69. The van der Waals surface area contributed by atoms with E-state index in [9.17, 15) is 9.59 Å². The zero-order valence-corrected chi connectivity index (χ0v) is 8.22. The standard InChI is InChI=1S/C10H13NO4/c1-2-3-8(10(14)15)11-5-7(6-12)4-9(11)13/h1,7-8,12H,3-6H2,(H,14,15). The lowest BCUT2D eigenvalue weighted by Gasteiger charge is -2.22. The van der Waals surface area contributed by atoms with E-state index in [0.29, 0.717) is 0 Å². The molecule has 0 aromatic heterocycles. The first-order valence-corrected chi connectivity index (χ1v) is 4.66. The minimum atomic E-state index is -1.10. The average molecular weight is 211 g/mol. The molecule has 1 aliphatic heterocycles. The molecule has 0 aliphatic carbocycles. The molecule has 1 fully saturated rings. The Labute approximate surface area is 87.7 Å². The summed E-state index contributed by atoms with van der Waals surface area (Å²) >= 11 is 0. The predicted molar refractivity (Wildman–Crippen MR) is 51.8 cm³/mol. The van der Waals surface area contributed by atoms with E-state index in [1.54, 1.807) is 0 Å². The van der Waals surface area contributed by atoms with Crippen LogP contribution in [0.25, 0.3) is 0 Å². The van der Waals surface area contributed by atoms with Gasteiger partial charge >= 0.3 is 5.97 Å². The molecule has 2 atom stereocenters. The smallest absolute Gasteiger partial charge is 0.327 e. The normalized spacial score (nSPS) is 22.5. The number of nitrogens with zero attached hydrogens (tertiary/aromatic N) is 1. The van der Waals surface area contributed by atoms with Gasteiger partial charge in [-0.15, -0.1) is 12.3 Å². The lowest BCUT2D eigenvalue weighted by atomic mass is 10.1. The van der Waals surface area contributed by atoms with Gasteiger partial charge in [0.25, 0.3) is 0 Å². The van der Waals surface area contributed by atoms with Crippen molar-refractivity contribution < 1.29 is 19.8 Å². The summed E-state index contributed by atoms with van der Waals surface area (Å²) in [6, 6.07) is -0.959. The second-order valence-corrected chi connectivity index (χ2v) is 3.56. The SMILES string of the molecule is C#CCC(C(=O)O)N1CC(CO)CC1=O. The Bertz CT molecular complexity index is 307. The van der Waals surface area contributed by atoms with E-state index in [1.165, 1.54) is 4.90 Å². The maximum Gasteiger partial charge on any atom is 0.327 e. The van der Waals surface area contributed by atoms with Crippen LogP contribution in [0.3, 0.4) is 0 Å². The van der Waals surface area contributed by atoms with Crippen molar-refractivity contribution in [2.75, 3.05) is 13.2 Å². The van der Waals surface area contributed by atoms with Crippen LogP contribution in [-0.4, -0.2) is 46.2 Å². The summed E-state index contributed by atoms with van der Waals surface area (Å²) < 4.78 is 0. The Morgan fingerprint density at radius 3 is 2.80 bits per heavy atom. The summed E-state index contributed by atoms with van der Waals surface area (Å²) in [5, 5.41) is 17.8. The largest absolute Gasteiger partial charge is 0.480 e. The molecular weight excluding hydrogens is 198 g/mol. The topological polar surface area (TPSA) is 77.8 Å². The lowest BCUT2D eigenvalue weighted by Crippen LogP contribution is -2.42. The number of likely N-dealkylation sites (tertiary alicyclic amines) is 1. The number of hydrogen-bond donors (Lipinski definition) is 2. The van der Waals surface area contributed by atoms with Crippen molar-refractivity contribution >= 4 is 11.9 Å². The Morgan fingerprint density at radius 1 is 1.73 bits per heavy atom.